The van der Waals surface area contributed by atoms with Crippen LogP contribution in [-0.4, -0.2) is 20.7 Å². The van der Waals surface area contributed by atoms with Gasteiger partial charge in [0.2, 0.25) is 0 Å². The number of para-hydroxylation sites is 1. The predicted molar refractivity (Wildman–Crippen MR) is 76.1 cm³/mol. The van der Waals surface area contributed by atoms with Crippen LogP contribution in [0.2, 0.25) is 0 Å². The lowest BCUT2D eigenvalue weighted by atomic mass is 10.1. The molecule has 2 aromatic carbocycles. The number of fused-ring (bicyclic) bond motifs is 1. The van der Waals surface area contributed by atoms with Crippen LogP contribution in [0.1, 0.15) is 15.9 Å². The predicted octanol–water partition coefficient (Wildman–Crippen LogP) is 3.09. The quantitative estimate of drug-likeness (QED) is 0.766. The molecule has 2 N–H and O–H groups in total. The zero-order valence-corrected chi connectivity index (χ0v) is 10.7. The Labute approximate surface area is 115 Å². The topological polar surface area (TPSA) is 62.5 Å². The van der Waals surface area contributed by atoms with E-state index in [1.165, 1.54) is 0 Å². The molecule has 0 unspecified atom stereocenters. The molecule has 3 aromatic rings. The highest BCUT2D eigenvalue weighted by Crippen LogP contribution is 2.29. The first kappa shape index (κ1) is 12.3. The first-order valence-corrected chi connectivity index (χ1v) is 6.25. The summed E-state index contributed by atoms with van der Waals surface area (Å²) in [5.41, 5.74) is 1.80. The molecule has 0 bridgehead atoms. The number of carboxylic acids is 1. The average Bonchev–Trinajstić information content (AvgIpc) is 2.80. The summed E-state index contributed by atoms with van der Waals surface area (Å²) in [7, 11) is 0. The highest BCUT2D eigenvalue weighted by Gasteiger charge is 2.16. The second-order valence-corrected chi connectivity index (χ2v) is 4.63. The Morgan fingerprint density at radius 2 is 1.80 bits per heavy atom. The Kier molecular flexibility index (Phi) is 2.91. The highest BCUT2D eigenvalue weighted by atomic mass is 16.4. The third kappa shape index (κ3) is 2.01. The van der Waals surface area contributed by atoms with Gasteiger partial charge < -0.3 is 14.8 Å². The van der Waals surface area contributed by atoms with Crippen molar-refractivity contribution in [1.29, 1.82) is 0 Å². The summed E-state index contributed by atoms with van der Waals surface area (Å²) in [6.07, 6.45) is 1.57. The summed E-state index contributed by atoms with van der Waals surface area (Å²) in [6.45, 7) is 0.516. The van der Waals surface area contributed by atoms with Gasteiger partial charge in [0.15, 0.2) is 0 Å². The summed E-state index contributed by atoms with van der Waals surface area (Å²) >= 11 is 0. The number of hydrogen-bond acceptors (Lipinski definition) is 2. The lowest BCUT2D eigenvalue weighted by Crippen LogP contribution is -1.98. The van der Waals surface area contributed by atoms with E-state index in [1.807, 2.05) is 30.3 Å². The van der Waals surface area contributed by atoms with Crippen molar-refractivity contribution in [2.75, 3.05) is 0 Å². The number of aromatic nitrogens is 1. The van der Waals surface area contributed by atoms with Crippen LogP contribution >= 0.6 is 0 Å². The maximum absolute atomic E-state index is 11.3. The fourth-order valence-corrected chi connectivity index (χ4v) is 2.42. The van der Waals surface area contributed by atoms with Gasteiger partial charge in [-0.05, 0) is 11.6 Å². The van der Waals surface area contributed by atoms with E-state index >= 15 is 0 Å². The van der Waals surface area contributed by atoms with Crippen molar-refractivity contribution in [3.05, 3.63) is 65.9 Å². The molecule has 0 radical (unpaired) electrons. The van der Waals surface area contributed by atoms with Gasteiger partial charge in [-0.2, -0.15) is 0 Å². The summed E-state index contributed by atoms with van der Waals surface area (Å²) in [5.74, 6) is -0.904. The average molecular weight is 267 g/mol. The van der Waals surface area contributed by atoms with Crippen LogP contribution in [0.4, 0.5) is 0 Å². The van der Waals surface area contributed by atoms with Gasteiger partial charge in [-0.15, -0.1) is 0 Å². The summed E-state index contributed by atoms with van der Waals surface area (Å²) in [5, 5.41) is 19.8. The Balaban J connectivity index is 2.18. The van der Waals surface area contributed by atoms with Crippen LogP contribution in [0.3, 0.4) is 0 Å². The van der Waals surface area contributed by atoms with Gasteiger partial charge in [0.25, 0.3) is 0 Å². The number of carbonyl (C=O) groups is 1. The minimum atomic E-state index is -0.993. The largest absolute Gasteiger partial charge is 0.506 e. The van der Waals surface area contributed by atoms with Gasteiger partial charge in [0, 0.05) is 18.1 Å². The van der Waals surface area contributed by atoms with E-state index in [9.17, 15) is 15.0 Å². The molecular weight excluding hydrogens is 254 g/mol. The number of nitrogens with zero attached hydrogens (tertiary/aromatic N) is 1. The van der Waals surface area contributed by atoms with E-state index in [0.29, 0.717) is 17.4 Å². The van der Waals surface area contributed by atoms with Crippen LogP contribution in [0.15, 0.2) is 54.7 Å². The van der Waals surface area contributed by atoms with Crippen molar-refractivity contribution in [3.8, 4) is 5.75 Å². The van der Waals surface area contributed by atoms with Crippen molar-refractivity contribution < 1.29 is 15.0 Å². The van der Waals surface area contributed by atoms with Gasteiger partial charge in [-0.1, -0.05) is 42.5 Å². The van der Waals surface area contributed by atoms with Gasteiger partial charge in [-0.25, -0.2) is 4.79 Å². The van der Waals surface area contributed by atoms with E-state index in [0.717, 1.165) is 5.56 Å². The second kappa shape index (κ2) is 4.74. The van der Waals surface area contributed by atoms with Gasteiger partial charge in [0.05, 0.1) is 11.1 Å². The Bertz CT molecular complexity index is 775. The zero-order valence-electron chi connectivity index (χ0n) is 10.7. The molecule has 100 valence electrons. The van der Waals surface area contributed by atoms with E-state index in [4.69, 9.17) is 0 Å². The number of aromatic hydroxyl groups is 1. The van der Waals surface area contributed by atoms with E-state index < -0.39 is 5.97 Å². The maximum Gasteiger partial charge on any atom is 0.337 e. The molecule has 0 fully saturated rings. The van der Waals surface area contributed by atoms with Crippen LogP contribution < -0.4 is 0 Å². The smallest absolute Gasteiger partial charge is 0.337 e. The number of phenols is 1. The van der Waals surface area contributed by atoms with Crippen LogP contribution in [0.25, 0.3) is 10.9 Å². The number of hydrogen-bond donors (Lipinski definition) is 2. The molecule has 0 amide bonds. The van der Waals surface area contributed by atoms with E-state index in [1.54, 1.807) is 29.0 Å². The fourth-order valence-electron chi connectivity index (χ4n) is 2.42. The molecule has 4 nitrogen and oxygen atoms in total. The lowest BCUT2D eigenvalue weighted by Gasteiger charge is -2.06. The minimum Gasteiger partial charge on any atom is -0.506 e. The summed E-state index contributed by atoms with van der Waals surface area (Å²) in [4.78, 5) is 11.3. The van der Waals surface area contributed by atoms with Crippen molar-refractivity contribution >= 4 is 16.9 Å². The molecule has 3 rings (SSSR count). The molecule has 0 aliphatic rings. The maximum atomic E-state index is 11.3. The molecule has 20 heavy (non-hydrogen) atoms. The van der Waals surface area contributed by atoms with Crippen molar-refractivity contribution in [1.82, 2.24) is 4.57 Å². The normalized spacial score (nSPS) is 10.8. The molecule has 0 aliphatic heterocycles. The summed E-state index contributed by atoms with van der Waals surface area (Å²) in [6, 6.07) is 14.6. The van der Waals surface area contributed by atoms with Gasteiger partial charge in [-0.3, -0.25) is 0 Å². The first-order chi connectivity index (χ1) is 9.66. The fraction of sp³-hybridized carbons (Fsp3) is 0.0625. The van der Waals surface area contributed by atoms with Crippen molar-refractivity contribution in [2.45, 2.75) is 6.54 Å². The molecule has 1 aromatic heterocycles. The first-order valence-electron chi connectivity index (χ1n) is 6.25. The molecule has 4 heteroatoms. The number of carboxylic acid groups (broad SMARTS) is 1. The Hall–Kier alpha value is -2.75. The van der Waals surface area contributed by atoms with Crippen LogP contribution in [-0.2, 0) is 6.54 Å². The minimum absolute atomic E-state index is 0.0888. The third-order valence-corrected chi connectivity index (χ3v) is 3.30. The van der Waals surface area contributed by atoms with E-state index in [-0.39, 0.29) is 11.3 Å². The number of rotatable bonds is 3. The van der Waals surface area contributed by atoms with Gasteiger partial charge >= 0.3 is 5.97 Å². The third-order valence-electron chi connectivity index (χ3n) is 3.30. The Morgan fingerprint density at radius 3 is 2.50 bits per heavy atom. The Morgan fingerprint density at radius 1 is 1.05 bits per heavy atom. The van der Waals surface area contributed by atoms with Crippen LogP contribution in [0.5, 0.6) is 5.75 Å². The summed E-state index contributed by atoms with van der Waals surface area (Å²) < 4.78 is 1.77. The standard InChI is InChI=1S/C16H13NO3/c18-14-8-4-7-12-13(16(19)20)10-17(15(12)14)9-11-5-2-1-3-6-11/h1-8,10,18H,9H2,(H,19,20). The van der Waals surface area contributed by atoms with Crippen molar-refractivity contribution in [2.24, 2.45) is 0 Å². The van der Waals surface area contributed by atoms with E-state index in [2.05, 4.69) is 0 Å². The molecule has 1 heterocycles. The van der Waals surface area contributed by atoms with Crippen molar-refractivity contribution in [3.63, 3.8) is 0 Å². The second-order valence-electron chi connectivity index (χ2n) is 4.63. The molecule has 0 spiro atoms. The molecule has 0 atom stereocenters. The number of phenolic OH excluding ortho intramolecular Hbond substituents is 1. The molecule has 0 saturated carbocycles. The molecule has 0 saturated heterocycles. The number of aromatic carboxylic acids is 1. The lowest BCUT2D eigenvalue weighted by molar-refractivity contribution is 0.0699. The molecule has 0 aliphatic carbocycles. The van der Waals surface area contributed by atoms with Gasteiger partial charge in [0.1, 0.15) is 5.75 Å². The van der Waals surface area contributed by atoms with Crippen LogP contribution in [0, 0.1) is 0 Å². The monoisotopic (exact) mass is 267 g/mol. The SMILES string of the molecule is O=C(O)c1cn(Cc2ccccc2)c2c(O)cccc12. The molecular formula is C16H13NO3. The zero-order chi connectivity index (χ0) is 14.1. The highest BCUT2D eigenvalue weighted by molar-refractivity contribution is 6.05. The number of benzene rings is 2.